The van der Waals surface area contributed by atoms with Gasteiger partial charge in [0.15, 0.2) is 0 Å². The van der Waals surface area contributed by atoms with Gasteiger partial charge in [-0.25, -0.2) is 0 Å². The number of ether oxygens (including phenoxy) is 1. The maximum absolute atomic E-state index is 10.9. The topological polar surface area (TPSA) is 83.3 Å². The van der Waals surface area contributed by atoms with Gasteiger partial charge in [-0.1, -0.05) is 12.1 Å². The Morgan fingerprint density at radius 3 is 2.61 bits per heavy atom. The molecule has 2 bridgehead atoms. The average Bonchev–Trinajstić information content (AvgIpc) is 2.45. The number of benzene rings is 1. The lowest BCUT2D eigenvalue weighted by atomic mass is 10.1. The molecule has 124 valence electrons. The van der Waals surface area contributed by atoms with Crippen molar-refractivity contribution in [3.05, 3.63) is 29.8 Å². The van der Waals surface area contributed by atoms with Crippen molar-refractivity contribution >= 4 is 13.2 Å². The summed E-state index contributed by atoms with van der Waals surface area (Å²) in [6.45, 7) is 4.18. The molecular formula is C15H21BN2O5. The van der Waals surface area contributed by atoms with E-state index in [-0.39, 0.29) is 18.4 Å². The summed E-state index contributed by atoms with van der Waals surface area (Å²) in [4.78, 5) is 13.1. The van der Waals surface area contributed by atoms with Crippen LogP contribution in [-0.4, -0.2) is 63.7 Å². The lowest BCUT2D eigenvalue weighted by molar-refractivity contribution is -0.117. The van der Waals surface area contributed by atoms with Crippen molar-refractivity contribution in [3.63, 3.8) is 0 Å². The van der Waals surface area contributed by atoms with Gasteiger partial charge in [-0.3, -0.25) is 9.69 Å². The third-order valence-electron chi connectivity index (χ3n) is 3.83. The Morgan fingerprint density at radius 1 is 1.26 bits per heavy atom. The highest BCUT2D eigenvalue weighted by Gasteiger charge is 2.32. The molecule has 7 nitrogen and oxygen atoms in total. The van der Waals surface area contributed by atoms with Crippen molar-refractivity contribution in [1.29, 1.82) is 0 Å². The van der Waals surface area contributed by atoms with Crippen LogP contribution in [0.1, 0.15) is 5.56 Å². The molecule has 0 radical (unpaired) electrons. The first-order valence-electron chi connectivity index (χ1n) is 7.80. The minimum atomic E-state index is -0.607. The highest BCUT2D eigenvalue weighted by Crippen LogP contribution is 2.15. The van der Waals surface area contributed by atoms with Gasteiger partial charge in [-0.2, -0.15) is 0 Å². The fourth-order valence-electron chi connectivity index (χ4n) is 2.65. The van der Waals surface area contributed by atoms with Crippen LogP contribution in [0.3, 0.4) is 0 Å². The Balaban J connectivity index is 1.53. The lowest BCUT2D eigenvalue weighted by Crippen LogP contribution is -2.51. The predicted molar refractivity (Wildman–Crippen MR) is 83.8 cm³/mol. The second-order valence-electron chi connectivity index (χ2n) is 5.69. The summed E-state index contributed by atoms with van der Waals surface area (Å²) in [5.41, 5.74) is 6.05. The number of nitrogens with zero attached hydrogens (tertiary/aromatic N) is 1. The molecule has 3 heterocycles. The van der Waals surface area contributed by atoms with Gasteiger partial charge in [0.05, 0.1) is 12.5 Å². The van der Waals surface area contributed by atoms with Gasteiger partial charge >= 0.3 is 7.32 Å². The van der Waals surface area contributed by atoms with E-state index in [1.54, 1.807) is 0 Å². The number of primary amides is 1. The van der Waals surface area contributed by atoms with Crippen molar-refractivity contribution < 1.29 is 23.5 Å². The molecule has 1 atom stereocenters. The number of hydrogen-bond donors (Lipinski definition) is 1. The van der Waals surface area contributed by atoms with Gasteiger partial charge in [0, 0.05) is 32.8 Å². The van der Waals surface area contributed by atoms with Gasteiger partial charge < -0.3 is 24.4 Å². The number of rotatable bonds is 5. The van der Waals surface area contributed by atoms with E-state index in [2.05, 4.69) is 4.90 Å². The second-order valence-corrected chi connectivity index (χ2v) is 5.69. The van der Waals surface area contributed by atoms with Crippen molar-refractivity contribution in [2.24, 2.45) is 5.73 Å². The Hall–Kier alpha value is -1.61. The van der Waals surface area contributed by atoms with Crippen molar-refractivity contribution in [2.45, 2.75) is 12.5 Å². The smallest absolute Gasteiger partial charge is 0.491 e. The summed E-state index contributed by atoms with van der Waals surface area (Å²) in [5.74, 6) is 0.382. The molecule has 3 aliphatic rings. The quantitative estimate of drug-likeness (QED) is 0.758. The molecule has 3 aliphatic heterocycles. The third kappa shape index (κ3) is 4.94. The van der Waals surface area contributed by atoms with Crippen LogP contribution in [0.2, 0.25) is 0 Å². The number of nitrogens with two attached hydrogens (primary N) is 1. The fourth-order valence-corrected chi connectivity index (χ4v) is 2.65. The first-order valence-corrected chi connectivity index (χ1v) is 7.80. The number of hydrogen-bond acceptors (Lipinski definition) is 6. The molecule has 0 unspecified atom stereocenters. The summed E-state index contributed by atoms with van der Waals surface area (Å²) >= 11 is 0. The summed E-state index contributed by atoms with van der Waals surface area (Å²) in [6, 6.07) is 7.33. The zero-order chi connectivity index (χ0) is 16.1. The van der Waals surface area contributed by atoms with Crippen LogP contribution in [0.5, 0.6) is 5.75 Å². The minimum Gasteiger partial charge on any atom is -0.491 e. The SMILES string of the molecule is NC(=O)Cc1ccc(OC[C@@H]2CN3CCOB(OCC3)O2)cc1. The molecule has 1 amide bonds. The Labute approximate surface area is 135 Å². The van der Waals surface area contributed by atoms with Gasteiger partial charge in [0.2, 0.25) is 5.91 Å². The third-order valence-corrected chi connectivity index (χ3v) is 3.83. The molecule has 2 N–H and O–H groups in total. The summed E-state index contributed by atoms with van der Waals surface area (Å²) in [7, 11) is -0.607. The van der Waals surface area contributed by atoms with Gasteiger partial charge in [-0.05, 0) is 17.7 Å². The summed E-state index contributed by atoms with van der Waals surface area (Å²) in [5, 5.41) is 0. The van der Waals surface area contributed by atoms with E-state index in [0.29, 0.717) is 19.8 Å². The lowest BCUT2D eigenvalue weighted by Gasteiger charge is -2.34. The zero-order valence-corrected chi connectivity index (χ0v) is 13.0. The molecule has 0 saturated carbocycles. The van der Waals surface area contributed by atoms with E-state index in [9.17, 15) is 4.79 Å². The van der Waals surface area contributed by atoms with Crippen LogP contribution in [-0.2, 0) is 25.2 Å². The molecular weight excluding hydrogens is 299 g/mol. The standard InChI is InChI=1S/C15H21BN2O5/c17-15(19)9-12-1-3-13(4-2-12)20-11-14-10-18-5-7-21-16(23-14)22-8-6-18/h1-4,14H,5-11H2,(H2,17,19)/t14-/m0/s1. The van der Waals surface area contributed by atoms with E-state index >= 15 is 0 Å². The molecule has 8 heteroatoms. The van der Waals surface area contributed by atoms with Crippen molar-refractivity contribution in [1.82, 2.24) is 4.90 Å². The van der Waals surface area contributed by atoms with E-state index < -0.39 is 7.32 Å². The van der Waals surface area contributed by atoms with Crippen molar-refractivity contribution in [2.75, 3.05) is 39.5 Å². The minimum absolute atomic E-state index is 0.120. The fraction of sp³-hybridized carbons (Fsp3) is 0.533. The van der Waals surface area contributed by atoms with Crippen LogP contribution >= 0.6 is 0 Å². The largest absolute Gasteiger partial charge is 0.639 e. The normalized spacial score (nSPS) is 24.6. The van der Waals surface area contributed by atoms with Crippen LogP contribution in [0, 0.1) is 0 Å². The van der Waals surface area contributed by atoms with Crippen LogP contribution < -0.4 is 10.5 Å². The maximum Gasteiger partial charge on any atom is 0.639 e. The van der Waals surface area contributed by atoms with Crippen LogP contribution in [0.25, 0.3) is 0 Å². The molecule has 1 aromatic carbocycles. The molecule has 4 rings (SSSR count). The average molecular weight is 320 g/mol. The molecule has 1 aromatic rings. The highest BCUT2D eigenvalue weighted by molar-refractivity contribution is 6.36. The van der Waals surface area contributed by atoms with Crippen LogP contribution in [0.4, 0.5) is 0 Å². The monoisotopic (exact) mass is 320 g/mol. The number of fused-ring (bicyclic) bond motifs is 6. The highest BCUT2D eigenvalue weighted by atomic mass is 16.7. The maximum atomic E-state index is 10.9. The summed E-state index contributed by atoms with van der Waals surface area (Å²) < 4.78 is 22.6. The van der Waals surface area contributed by atoms with Gasteiger partial charge in [0.1, 0.15) is 12.4 Å². The predicted octanol–water partition coefficient (Wildman–Crippen LogP) is -0.174. The molecule has 0 aliphatic carbocycles. The Kier molecular flexibility index (Phi) is 5.50. The van der Waals surface area contributed by atoms with E-state index in [1.807, 2.05) is 24.3 Å². The molecule has 3 fully saturated rings. The Morgan fingerprint density at radius 2 is 1.96 bits per heavy atom. The molecule has 0 spiro atoms. The van der Waals surface area contributed by atoms with Gasteiger partial charge in [-0.15, -0.1) is 0 Å². The number of amides is 1. The van der Waals surface area contributed by atoms with E-state index in [4.69, 9.17) is 24.4 Å². The van der Waals surface area contributed by atoms with E-state index in [1.165, 1.54) is 0 Å². The molecule has 0 aromatic heterocycles. The second kappa shape index (κ2) is 7.78. The van der Waals surface area contributed by atoms with Crippen LogP contribution in [0.15, 0.2) is 24.3 Å². The first-order chi connectivity index (χ1) is 11.2. The first kappa shape index (κ1) is 16.3. The number of carbonyl (C=O) groups is 1. The molecule has 23 heavy (non-hydrogen) atoms. The number of carbonyl (C=O) groups excluding carboxylic acids is 1. The molecule has 3 saturated heterocycles. The van der Waals surface area contributed by atoms with Crippen molar-refractivity contribution in [3.8, 4) is 5.75 Å². The Bertz CT molecular complexity index is 503. The van der Waals surface area contributed by atoms with Gasteiger partial charge in [0.25, 0.3) is 0 Å². The zero-order valence-electron chi connectivity index (χ0n) is 13.0. The van der Waals surface area contributed by atoms with E-state index in [0.717, 1.165) is 30.9 Å². The summed E-state index contributed by atoms with van der Waals surface area (Å²) in [6.07, 6.45) is 0.114.